The van der Waals surface area contributed by atoms with Gasteiger partial charge < -0.3 is 14.4 Å². The number of para-hydroxylation sites is 1. The lowest BCUT2D eigenvalue weighted by Crippen LogP contribution is -2.39. The molecule has 0 bridgehead atoms. The average molecular weight is 390 g/mol. The summed E-state index contributed by atoms with van der Waals surface area (Å²) in [5.74, 6) is -0.424. The molecule has 0 radical (unpaired) electrons. The van der Waals surface area contributed by atoms with Gasteiger partial charge in [-0.3, -0.25) is 4.79 Å². The Morgan fingerprint density at radius 2 is 1.93 bits per heavy atom. The zero-order valence-corrected chi connectivity index (χ0v) is 16.4. The van der Waals surface area contributed by atoms with E-state index in [1.165, 1.54) is 13.0 Å². The number of hydrogen-bond donors (Lipinski definition) is 0. The van der Waals surface area contributed by atoms with Crippen molar-refractivity contribution in [3.8, 4) is 11.8 Å². The van der Waals surface area contributed by atoms with Crippen LogP contribution in [0.4, 0.5) is 5.69 Å². The van der Waals surface area contributed by atoms with Gasteiger partial charge in [-0.05, 0) is 55.7 Å². The highest BCUT2D eigenvalue weighted by atomic mass is 16.5. The topological polar surface area (TPSA) is 79.6 Å². The molecule has 29 heavy (non-hydrogen) atoms. The Balaban J connectivity index is 1.67. The molecule has 2 aromatic rings. The third kappa shape index (κ3) is 4.64. The lowest BCUT2D eigenvalue weighted by Gasteiger charge is -2.21. The summed E-state index contributed by atoms with van der Waals surface area (Å²) < 4.78 is 10.7. The van der Waals surface area contributed by atoms with Crippen molar-refractivity contribution < 1.29 is 19.1 Å². The Kier molecular flexibility index (Phi) is 6.30. The number of carbonyl (C=O) groups excluding carboxylic acids is 2. The van der Waals surface area contributed by atoms with Crippen molar-refractivity contribution in [2.24, 2.45) is 0 Å². The van der Waals surface area contributed by atoms with Crippen molar-refractivity contribution in [3.63, 3.8) is 0 Å². The second-order valence-corrected chi connectivity index (χ2v) is 6.59. The number of amides is 1. The molecule has 6 nitrogen and oxygen atoms in total. The minimum Gasteiger partial charge on any atom is -0.494 e. The number of fused-ring (bicyclic) bond motifs is 1. The van der Waals surface area contributed by atoms with Gasteiger partial charge >= 0.3 is 5.97 Å². The van der Waals surface area contributed by atoms with Crippen LogP contribution in [0.25, 0.3) is 6.08 Å². The maximum atomic E-state index is 12.7. The zero-order chi connectivity index (χ0) is 20.8. The summed E-state index contributed by atoms with van der Waals surface area (Å²) in [6.07, 6.45) is 1.20. The van der Waals surface area contributed by atoms with Gasteiger partial charge in [-0.2, -0.15) is 5.26 Å². The van der Waals surface area contributed by atoms with E-state index in [0.29, 0.717) is 24.5 Å². The summed E-state index contributed by atoms with van der Waals surface area (Å²) in [5.41, 5.74) is 2.42. The van der Waals surface area contributed by atoms with Gasteiger partial charge in [0, 0.05) is 12.2 Å². The molecule has 0 spiro atoms. The van der Waals surface area contributed by atoms with Crippen molar-refractivity contribution in [3.05, 3.63) is 65.2 Å². The van der Waals surface area contributed by atoms with E-state index in [-0.39, 0.29) is 11.5 Å². The number of hydrogen-bond acceptors (Lipinski definition) is 5. The highest BCUT2D eigenvalue weighted by Crippen LogP contribution is 2.28. The largest absolute Gasteiger partial charge is 0.494 e. The number of nitrogens with zero attached hydrogens (tertiary/aromatic N) is 2. The maximum absolute atomic E-state index is 12.7. The minimum atomic E-state index is -0.995. The quantitative estimate of drug-likeness (QED) is 0.428. The molecule has 0 N–H and O–H groups in total. The number of carbonyl (C=O) groups is 2. The van der Waals surface area contributed by atoms with Gasteiger partial charge in [0.15, 0.2) is 6.10 Å². The molecule has 2 aromatic carbocycles. The first-order valence-electron chi connectivity index (χ1n) is 9.48. The van der Waals surface area contributed by atoms with Crippen LogP contribution in [-0.4, -0.2) is 31.1 Å². The summed E-state index contributed by atoms with van der Waals surface area (Å²) in [4.78, 5) is 26.8. The van der Waals surface area contributed by atoms with Gasteiger partial charge in [0.25, 0.3) is 5.91 Å². The maximum Gasteiger partial charge on any atom is 0.349 e. The fraction of sp³-hybridized carbons (Fsp3) is 0.261. The lowest BCUT2D eigenvalue weighted by atomic mass is 10.1. The molecular formula is C23H22N2O4. The van der Waals surface area contributed by atoms with Crippen molar-refractivity contribution in [2.75, 3.05) is 18.1 Å². The van der Waals surface area contributed by atoms with Gasteiger partial charge in [-0.25, -0.2) is 4.79 Å². The number of nitriles is 1. The molecule has 1 atom stereocenters. The number of benzene rings is 2. The number of esters is 1. The second-order valence-electron chi connectivity index (χ2n) is 6.59. The van der Waals surface area contributed by atoms with Crippen LogP contribution in [0.1, 0.15) is 25.0 Å². The van der Waals surface area contributed by atoms with Crippen LogP contribution in [0.3, 0.4) is 0 Å². The first-order valence-corrected chi connectivity index (χ1v) is 9.48. The summed E-state index contributed by atoms with van der Waals surface area (Å²) in [6, 6.07) is 16.5. The van der Waals surface area contributed by atoms with Crippen molar-refractivity contribution in [1.82, 2.24) is 0 Å². The molecule has 0 unspecified atom stereocenters. The van der Waals surface area contributed by atoms with Gasteiger partial charge in [-0.15, -0.1) is 0 Å². The van der Waals surface area contributed by atoms with Gasteiger partial charge in [0.05, 0.1) is 6.61 Å². The predicted octanol–water partition coefficient (Wildman–Crippen LogP) is 3.51. The summed E-state index contributed by atoms with van der Waals surface area (Å²) >= 11 is 0. The lowest BCUT2D eigenvalue weighted by molar-refractivity contribution is -0.149. The Morgan fingerprint density at radius 1 is 1.21 bits per heavy atom. The second kappa shape index (κ2) is 9.07. The average Bonchev–Trinajstić information content (AvgIpc) is 3.16. The molecule has 0 aliphatic carbocycles. The standard InChI is InChI=1S/C23H22N2O4/c1-3-28-20-10-8-17(9-11-20)14-19(15-24)23(27)29-16(2)22(26)25-13-12-18-6-4-5-7-21(18)25/h4-11,14,16H,3,12-13H2,1-2H3/b19-14+/t16-/m1/s1. The molecule has 0 aromatic heterocycles. The zero-order valence-electron chi connectivity index (χ0n) is 16.4. The Labute approximate surface area is 170 Å². The molecular weight excluding hydrogens is 368 g/mol. The van der Waals surface area contributed by atoms with Crippen molar-refractivity contribution in [2.45, 2.75) is 26.4 Å². The summed E-state index contributed by atoms with van der Waals surface area (Å²) in [6.45, 7) is 4.51. The van der Waals surface area contributed by atoms with E-state index in [4.69, 9.17) is 9.47 Å². The fourth-order valence-electron chi connectivity index (χ4n) is 3.19. The third-order valence-corrected chi connectivity index (χ3v) is 4.63. The monoisotopic (exact) mass is 390 g/mol. The van der Waals surface area contributed by atoms with Gasteiger partial charge in [0.2, 0.25) is 0 Å². The Morgan fingerprint density at radius 3 is 2.62 bits per heavy atom. The predicted molar refractivity (Wildman–Crippen MR) is 109 cm³/mol. The van der Waals surface area contributed by atoms with E-state index in [0.717, 1.165) is 17.7 Å². The van der Waals surface area contributed by atoms with Gasteiger partial charge in [-0.1, -0.05) is 30.3 Å². The van der Waals surface area contributed by atoms with Crippen LogP contribution in [0.15, 0.2) is 54.1 Å². The van der Waals surface area contributed by atoms with E-state index >= 15 is 0 Å². The first-order chi connectivity index (χ1) is 14.0. The van der Waals surface area contributed by atoms with Crippen molar-refractivity contribution >= 4 is 23.6 Å². The fourth-order valence-corrected chi connectivity index (χ4v) is 3.19. The summed E-state index contributed by atoms with van der Waals surface area (Å²) in [7, 11) is 0. The molecule has 1 amide bonds. The third-order valence-electron chi connectivity index (χ3n) is 4.63. The van der Waals surface area contributed by atoms with Crippen LogP contribution in [0, 0.1) is 11.3 Å². The molecule has 0 saturated carbocycles. The normalized spacial score (nSPS) is 14.0. The molecule has 3 rings (SSSR count). The molecule has 0 saturated heterocycles. The first kappa shape index (κ1) is 20.2. The number of rotatable bonds is 6. The van der Waals surface area contributed by atoms with Crippen LogP contribution in [-0.2, 0) is 20.7 Å². The van der Waals surface area contributed by atoms with Gasteiger partial charge in [0.1, 0.15) is 17.4 Å². The highest BCUT2D eigenvalue weighted by Gasteiger charge is 2.30. The van der Waals surface area contributed by atoms with Crippen LogP contribution < -0.4 is 9.64 Å². The summed E-state index contributed by atoms with van der Waals surface area (Å²) in [5, 5.41) is 9.35. The van der Waals surface area contributed by atoms with E-state index in [2.05, 4.69) is 0 Å². The molecule has 0 fully saturated rings. The van der Waals surface area contributed by atoms with Crippen LogP contribution >= 0.6 is 0 Å². The molecule has 1 aliphatic rings. The van der Waals surface area contributed by atoms with Crippen LogP contribution in [0.2, 0.25) is 0 Å². The Bertz CT molecular complexity index is 973. The highest BCUT2D eigenvalue weighted by molar-refractivity contribution is 6.02. The number of ether oxygens (including phenoxy) is 2. The van der Waals surface area contributed by atoms with Crippen molar-refractivity contribution in [1.29, 1.82) is 5.26 Å². The molecule has 1 aliphatic heterocycles. The van der Waals surface area contributed by atoms with E-state index in [1.54, 1.807) is 29.2 Å². The number of anilines is 1. The molecule has 148 valence electrons. The van der Waals surface area contributed by atoms with E-state index in [9.17, 15) is 14.9 Å². The SMILES string of the molecule is CCOc1ccc(/C=C(\C#N)C(=O)O[C@H](C)C(=O)N2CCc3ccccc32)cc1. The van der Waals surface area contributed by atoms with E-state index < -0.39 is 12.1 Å². The van der Waals surface area contributed by atoms with E-state index in [1.807, 2.05) is 37.3 Å². The van der Waals surface area contributed by atoms with Crippen LogP contribution in [0.5, 0.6) is 5.75 Å². The smallest absolute Gasteiger partial charge is 0.349 e. The minimum absolute atomic E-state index is 0.171. The molecule has 6 heteroatoms. The molecule has 1 heterocycles. The Hall–Kier alpha value is -3.59.